The van der Waals surface area contributed by atoms with Gasteiger partial charge >= 0.3 is 11.9 Å². The Bertz CT molecular complexity index is 1180. The molecule has 2 aliphatic carbocycles. The number of fused-ring (bicyclic) bond motifs is 1. The van der Waals surface area contributed by atoms with Crippen LogP contribution in [0.1, 0.15) is 29.7 Å². The van der Waals surface area contributed by atoms with Crippen LogP contribution in [0, 0.1) is 24.2 Å². The molecule has 1 unspecified atom stereocenters. The Kier molecular flexibility index (Phi) is 4.96. The summed E-state index contributed by atoms with van der Waals surface area (Å²) in [5.74, 6) is -1.38. The smallest absolute Gasteiger partial charge is 0.250 e. The van der Waals surface area contributed by atoms with Crippen molar-refractivity contribution in [3.63, 3.8) is 0 Å². The van der Waals surface area contributed by atoms with E-state index < -0.39 is 33.4 Å². The number of carbonyl (C=O) groups excluding carboxylic acids is 2. The second-order valence-corrected chi connectivity index (χ2v) is 10.4. The Labute approximate surface area is 178 Å². The molecule has 0 spiro atoms. The molecule has 0 bridgehead atoms. The maximum absolute atomic E-state index is 13.2. The van der Waals surface area contributed by atoms with Crippen LogP contribution < -0.4 is 4.72 Å². The van der Waals surface area contributed by atoms with Gasteiger partial charge in [0.25, 0.3) is 0 Å². The Hall–Kier alpha value is -2.68. The van der Waals surface area contributed by atoms with Crippen molar-refractivity contribution in [1.82, 2.24) is 14.6 Å². The molecular formula is C19H20N5O4S2+. The molecule has 1 aromatic rings. The van der Waals surface area contributed by atoms with Crippen molar-refractivity contribution in [3.05, 3.63) is 39.2 Å². The maximum atomic E-state index is 13.2. The minimum absolute atomic E-state index is 0.0786. The summed E-state index contributed by atoms with van der Waals surface area (Å²) >= 11 is 1.40. The lowest BCUT2D eigenvalue weighted by molar-refractivity contribution is -0.436. The van der Waals surface area contributed by atoms with E-state index in [9.17, 15) is 23.3 Å². The fourth-order valence-corrected chi connectivity index (χ4v) is 5.73. The van der Waals surface area contributed by atoms with E-state index in [0.717, 1.165) is 14.8 Å². The van der Waals surface area contributed by atoms with Crippen LogP contribution in [0.4, 0.5) is 4.79 Å². The number of thiazole rings is 1. The number of rotatable bonds is 6. The van der Waals surface area contributed by atoms with E-state index in [-0.39, 0.29) is 11.4 Å². The first-order valence-corrected chi connectivity index (χ1v) is 11.8. The number of sulfonamides is 1. The molecule has 11 heteroatoms. The molecular weight excluding hydrogens is 426 g/mol. The van der Waals surface area contributed by atoms with Crippen molar-refractivity contribution in [3.8, 4) is 6.07 Å². The average molecular weight is 447 g/mol. The molecule has 0 saturated heterocycles. The molecule has 156 valence electrons. The van der Waals surface area contributed by atoms with E-state index in [1.807, 2.05) is 13.0 Å². The van der Waals surface area contributed by atoms with Gasteiger partial charge in [-0.25, -0.2) is 18.2 Å². The summed E-state index contributed by atoms with van der Waals surface area (Å²) in [6, 6.07) is 1.55. The number of imide groups is 1. The highest BCUT2D eigenvalue weighted by atomic mass is 32.2. The molecule has 3 aliphatic rings. The van der Waals surface area contributed by atoms with Crippen LogP contribution in [0.5, 0.6) is 0 Å². The van der Waals surface area contributed by atoms with Gasteiger partial charge in [-0.2, -0.15) is 24.3 Å². The van der Waals surface area contributed by atoms with Gasteiger partial charge in [0.05, 0.1) is 27.4 Å². The normalized spacial score (nSPS) is 22.6. The van der Waals surface area contributed by atoms with Gasteiger partial charge in [0.1, 0.15) is 23.7 Å². The number of nitrogens with one attached hydrogen (secondary N) is 1. The van der Waals surface area contributed by atoms with Crippen LogP contribution in [-0.2, 0) is 21.4 Å². The number of aromatic nitrogens is 1. The Morgan fingerprint density at radius 1 is 1.40 bits per heavy atom. The number of nitriles is 1. The second-order valence-electron chi connectivity index (χ2n) is 7.40. The van der Waals surface area contributed by atoms with E-state index in [1.54, 1.807) is 13.1 Å². The lowest BCUT2D eigenvalue weighted by atomic mass is 9.94. The number of hydrogen-bond acceptors (Lipinski definition) is 7. The molecule has 3 amide bonds. The van der Waals surface area contributed by atoms with E-state index >= 15 is 0 Å². The molecule has 30 heavy (non-hydrogen) atoms. The summed E-state index contributed by atoms with van der Waals surface area (Å²) in [6.45, 7) is 4.05. The Morgan fingerprint density at radius 3 is 2.70 bits per heavy atom. The van der Waals surface area contributed by atoms with Crippen molar-refractivity contribution in [2.45, 2.75) is 38.8 Å². The molecule has 0 aromatic carbocycles. The monoisotopic (exact) mass is 446 g/mol. The molecule has 0 radical (unpaired) electrons. The third kappa shape index (κ3) is 3.51. The lowest BCUT2D eigenvalue weighted by Crippen LogP contribution is -2.54. The van der Waals surface area contributed by atoms with Crippen LogP contribution in [0.25, 0.3) is 0 Å². The summed E-state index contributed by atoms with van der Waals surface area (Å²) in [6.07, 6.45) is 6.77. The predicted octanol–water partition coefficient (Wildman–Crippen LogP) is 1.43. The summed E-state index contributed by atoms with van der Waals surface area (Å²) in [7, 11) is -3.97. The van der Waals surface area contributed by atoms with E-state index in [0.29, 0.717) is 25.1 Å². The Balaban J connectivity index is 1.69. The zero-order valence-electron chi connectivity index (χ0n) is 16.5. The van der Waals surface area contributed by atoms with Crippen molar-refractivity contribution < 1.29 is 22.6 Å². The standard InChI is InChI=1S/C19H20N5O4S2/c1-3-23-16-5-4-14(30(27,28)22-19(11-20)6-7-19)8-15(16)17(25)24(18(23)26)10-13-9-21-12(2)29-13/h4-5,8-9,15,22H,3,6-7,10H2,1-2H3/q+1. The lowest BCUT2D eigenvalue weighted by Gasteiger charge is -2.27. The predicted molar refractivity (Wildman–Crippen MR) is 109 cm³/mol. The average Bonchev–Trinajstić information content (AvgIpc) is 3.36. The SMILES string of the molecule is CC[N+]1=C2C=CC(S(=O)(=O)NC3(C#N)CC3)=CC2C(=O)N(Cc2cnc(C)s2)C1=O. The zero-order valence-corrected chi connectivity index (χ0v) is 18.1. The molecule has 1 fully saturated rings. The van der Waals surface area contributed by atoms with Crippen LogP contribution in [0.3, 0.4) is 0 Å². The maximum Gasteiger partial charge on any atom is 0.501 e. The first-order chi connectivity index (χ1) is 14.2. The molecule has 1 saturated carbocycles. The first kappa shape index (κ1) is 20.6. The summed E-state index contributed by atoms with van der Waals surface area (Å²) in [4.78, 5) is 32.1. The number of nitrogens with zero attached hydrogens (tertiary/aromatic N) is 4. The van der Waals surface area contributed by atoms with Crippen LogP contribution in [0.15, 0.2) is 29.3 Å². The number of allylic oxidation sites excluding steroid dienone is 2. The van der Waals surface area contributed by atoms with Gasteiger partial charge in [0.2, 0.25) is 10.0 Å². The molecule has 1 atom stereocenters. The van der Waals surface area contributed by atoms with Gasteiger partial charge in [-0.1, -0.05) is 0 Å². The number of urea groups is 1. The van der Waals surface area contributed by atoms with Crippen LogP contribution >= 0.6 is 11.3 Å². The third-order valence-corrected chi connectivity index (χ3v) is 7.73. The number of aryl methyl sites for hydroxylation is 1. The van der Waals surface area contributed by atoms with Gasteiger partial charge in [0, 0.05) is 6.20 Å². The van der Waals surface area contributed by atoms with E-state index in [4.69, 9.17) is 0 Å². The second kappa shape index (κ2) is 7.23. The minimum atomic E-state index is -3.97. The van der Waals surface area contributed by atoms with E-state index in [2.05, 4.69) is 9.71 Å². The number of hydrogen-bond donors (Lipinski definition) is 1. The quantitative estimate of drug-likeness (QED) is 0.660. The van der Waals surface area contributed by atoms with Gasteiger partial charge in [-0.05, 0) is 44.9 Å². The Morgan fingerprint density at radius 2 is 2.13 bits per heavy atom. The third-order valence-electron chi connectivity index (χ3n) is 5.28. The largest absolute Gasteiger partial charge is 0.501 e. The van der Waals surface area contributed by atoms with Gasteiger partial charge < -0.3 is 0 Å². The summed E-state index contributed by atoms with van der Waals surface area (Å²) < 4.78 is 29.4. The van der Waals surface area contributed by atoms with Gasteiger partial charge in [-0.15, -0.1) is 11.3 Å². The topological polar surface area (TPSA) is 123 Å². The number of carbonyl (C=O) groups is 2. The highest BCUT2D eigenvalue weighted by Gasteiger charge is 2.50. The highest BCUT2D eigenvalue weighted by molar-refractivity contribution is 7.93. The minimum Gasteiger partial charge on any atom is -0.250 e. The first-order valence-electron chi connectivity index (χ1n) is 9.46. The van der Waals surface area contributed by atoms with E-state index in [1.165, 1.54) is 34.1 Å². The molecule has 1 N–H and O–H groups in total. The zero-order chi connectivity index (χ0) is 21.7. The van der Waals surface area contributed by atoms with Crippen LogP contribution in [-0.4, -0.2) is 52.6 Å². The molecule has 4 rings (SSSR count). The molecule has 1 aromatic heterocycles. The fraction of sp³-hybridized carbons (Fsp3) is 0.421. The molecule has 9 nitrogen and oxygen atoms in total. The molecule has 2 heterocycles. The van der Waals surface area contributed by atoms with Crippen molar-refractivity contribution in [1.29, 1.82) is 5.26 Å². The highest BCUT2D eigenvalue weighted by Crippen LogP contribution is 2.36. The van der Waals surface area contributed by atoms with Gasteiger partial charge in [0.15, 0.2) is 0 Å². The summed E-state index contributed by atoms with van der Waals surface area (Å²) in [5.41, 5.74) is -0.611. The van der Waals surface area contributed by atoms with Crippen molar-refractivity contribution in [2.75, 3.05) is 6.54 Å². The number of amides is 3. The summed E-state index contributed by atoms with van der Waals surface area (Å²) in [5, 5.41) is 10.0. The fourth-order valence-electron chi connectivity index (χ4n) is 3.50. The van der Waals surface area contributed by atoms with Gasteiger partial charge in [-0.3, -0.25) is 0 Å². The van der Waals surface area contributed by atoms with Crippen molar-refractivity contribution in [2.24, 2.45) is 5.92 Å². The molecule has 1 aliphatic heterocycles. The van der Waals surface area contributed by atoms with Crippen LogP contribution in [0.2, 0.25) is 0 Å². The van der Waals surface area contributed by atoms with Crippen molar-refractivity contribution >= 4 is 39.0 Å².